The summed E-state index contributed by atoms with van der Waals surface area (Å²) in [6, 6.07) is 13.1. The first-order valence-corrected chi connectivity index (χ1v) is 11.4. The molecule has 0 fully saturated rings. The van der Waals surface area contributed by atoms with Gasteiger partial charge < -0.3 is 10.5 Å². The lowest BCUT2D eigenvalue weighted by atomic mass is 10.1. The Morgan fingerprint density at radius 3 is 2.50 bits per heavy atom. The Bertz CT molecular complexity index is 1400. The predicted molar refractivity (Wildman–Crippen MR) is 121 cm³/mol. The number of hydrogen-bond donors (Lipinski definition) is 1. The van der Waals surface area contributed by atoms with E-state index >= 15 is 0 Å². The van der Waals surface area contributed by atoms with E-state index in [-0.39, 0.29) is 17.7 Å². The van der Waals surface area contributed by atoms with Gasteiger partial charge >= 0.3 is 0 Å². The van der Waals surface area contributed by atoms with Gasteiger partial charge in [-0.25, -0.2) is 22.4 Å². The maximum Gasteiger partial charge on any atom is 0.268 e. The van der Waals surface area contributed by atoms with Crippen LogP contribution in [-0.2, 0) is 21.2 Å². The smallest absolute Gasteiger partial charge is 0.268 e. The predicted octanol–water partition coefficient (Wildman–Crippen LogP) is 3.42. The normalized spacial score (nSPS) is 11.6. The number of methoxy groups -OCH3 is 1. The van der Waals surface area contributed by atoms with E-state index in [1.165, 1.54) is 35.6 Å². The van der Waals surface area contributed by atoms with Gasteiger partial charge in [-0.2, -0.15) is 0 Å². The molecular weight excluding hydrogens is 452 g/mol. The van der Waals surface area contributed by atoms with Crippen LogP contribution in [-0.4, -0.2) is 35.4 Å². The summed E-state index contributed by atoms with van der Waals surface area (Å²) in [4.78, 5) is 20.0. The van der Waals surface area contributed by atoms with Crippen molar-refractivity contribution in [3.63, 3.8) is 0 Å². The highest BCUT2D eigenvalue weighted by Crippen LogP contribution is 2.35. The topological polar surface area (TPSA) is 117 Å². The van der Waals surface area contributed by atoms with Gasteiger partial charge in [-0.05, 0) is 36.8 Å². The molecule has 2 heterocycles. The number of carbonyl (C=O) groups is 1. The van der Waals surface area contributed by atoms with Gasteiger partial charge in [0.05, 0.1) is 40.6 Å². The molecule has 4 rings (SSSR count). The maximum absolute atomic E-state index is 13.6. The number of ether oxygens (including phenoxy) is 1. The van der Waals surface area contributed by atoms with Gasteiger partial charge in [-0.15, -0.1) is 0 Å². The van der Waals surface area contributed by atoms with Crippen LogP contribution in [0.2, 0.25) is 5.02 Å². The van der Waals surface area contributed by atoms with E-state index in [1.54, 1.807) is 36.4 Å². The third-order valence-corrected chi connectivity index (χ3v) is 7.03. The zero-order valence-corrected chi connectivity index (χ0v) is 18.6. The second-order valence-corrected chi connectivity index (χ2v) is 9.21. The summed E-state index contributed by atoms with van der Waals surface area (Å²) >= 11 is 6.50. The third-order valence-electron chi connectivity index (χ3n) is 4.94. The first-order valence-electron chi connectivity index (χ1n) is 9.60. The number of aryl methyl sites for hydroxylation is 1. The van der Waals surface area contributed by atoms with E-state index < -0.39 is 15.9 Å². The van der Waals surface area contributed by atoms with Crippen LogP contribution in [0.4, 0.5) is 0 Å². The zero-order valence-electron chi connectivity index (χ0n) is 17.0. The van der Waals surface area contributed by atoms with Crippen molar-refractivity contribution in [1.82, 2.24) is 13.9 Å². The van der Waals surface area contributed by atoms with E-state index in [9.17, 15) is 13.2 Å². The Kier molecular flexibility index (Phi) is 5.86. The van der Waals surface area contributed by atoms with Crippen molar-refractivity contribution >= 4 is 38.4 Å². The Morgan fingerprint density at radius 2 is 1.88 bits per heavy atom. The lowest BCUT2D eigenvalue weighted by molar-refractivity contribution is -0.118. The summed E-state index contributed by atoms with van der Waals surface area (Å²) in [6.07, 6.45) is 3.11. The van der Waals surface area contributed by atoms with Crippen molar-refractivity contribution in [2.24, 2.45) is 5.73 Å². The van der Waals surface area contributed by atoms with Crippen LogP contribution in [0, 0.1) is 0 Å². The van der Waals surface area contributed by atoms with E-state index in [2.05, 4.69) is 9.97 Å². The second kappa shape index (κ2) is 8.60. The number of benzene rings is 2. The Hall–Kier alpha value is -3.43. The van der Waals surface area contributed by atoms with E-state index in [0.29, 0.717) is 38.8 Å². The molecule has 2 aromatic heterocycles. The average molecular weight is 471 g/mol. The fourth-order valence-corrected chi connectivity index (χ4v) is 5.28. The first-order chi connectivity index (χ1) is 15.3. The highest BCUT2D eigenvalue weighted by Gasteiger charge is 2.24. The Morgan fingerprint density at radius 1 is 1.12 bits per heavy atom. The van der Waals surface area contributed by atoms with Crippen LogP contribution in [0.25, 0.3) is 22.2 Å². The molecule has 0 aliphatic rings. The number of amides is 1. The van der Waals surface area contributed by atoms with E-state index in [1.807, 2.05) is 0 Å². The number of aromatic nitrogens is 3. The van der Waals surface area contributed by atoms with Gasteiger partial charge in [0.25, 0.3) is 10.0 Å². The molecule has 0 unspecified atom stereocenters. The first kappa shape index (κ1) is 21.8. The Balaban J connectivity index is 1.96. The number of primary amides is 1. The van der Waals surface area contributed by atoms with Gasteiger partial charge in [0.1, 0.15) is 0 Å². The molecule has 0 aliphatic heterocycles. The number of nitrogens with zero attached hydrogens (tertiary/aromatic N) is 3. The van der Waals surface area contributed by atoms with Gasteiger partial charge in [0.2, 0.25) is 11.8 Å². The SMILES string of the molecule is COc1cnc(-c2cc3c(cc2Cl)cc(CCC(N)=O)n3S(=O)(=O)c2ccccc2)cn1. The van der Waals surface area contributed by atoms with Gasteiger partial charge in [-0.1, -0.05) is 29.8 Å². The number of hydrogen-bond acceptors (Lipinski definition) is 6. The van der Waals surface area contributed by atoms with Gasteiger partial charge in [0, 0.05) is 23.1 Å². The monoisotopic (exact) mass is 470 g/mol. The maximum atomic E-state index is 13.6. The Labute approximate surface area is 189 Å². The number of nitrogens with two attached hydrogens (primary N) is 1. The van der Waals surface area contributed by atoms with Crippen LogP contribution in [0.5, 0.6) is 5.88 Å². The van der Waals surface area contributed by atoms with Gasteiger partial charge in [0.15, 0.2) is 0 Å². The van der Waals surface area contributed by atoms with Gasteiger partial charge in [-0.3, -0.25) is 4.79 Å². The molecular formula is C22H19ClN4O4S. The molecule has 2 N–H and O–H groups in total. The van der Waals surface area contributed by atoms with Crippen LogP contribution in [0.15, 0.2) is 65.8 Å². The molecule has 0 saturated carbocycles. The quantitative estimate of drug-likeness (QED) is 0.442. The molecule has 0 spiro atoms. The molecule has 0 bridgehead atoms. The summed E-state index contributed by atoms with van der Waals surface area (Å²) in [7, 11) is -2.47. The highest BCUT2D eigenvalue weighted by atomic mass is 35.5. The van der Waals surface area contributed by atoms with Crippen molar-refractivity contribution in [3.05, 3.63) is 71.6 Å². The number of rotatable bonds is 7. The molecule has 0 radical (unpaired) electrons. The van der Waals surface area contributed by atoms with Crippen molar-refractivity contribution in [1.29, 1.82) is 0 Å². The molecule has 8 nitrogen and oxygen atoms in total. The highest BCUT2D eigenvalue weighted by molar-refractivity contribution is 7.90. The number of carbonyl (C=O) groups excluding carboxylic acids is 1. The minimum absolute atomic E-state index is 0.00514. The van der Waals surface area contributed by atoms with Crippen LogP contribution in [0.1, 0.15) is 12.1 Å². The molecule has 10 heteroatoms. The van der Waals surface area contributed by atoms with E-state index in [4.69, 9.17) is 22.1 Å². The molecule has 2 aromatic carbocycles. The molecule has 164 valence electrons. The summed E-state index contributed by atoms with van der Waals surface area (Å²) in [5.41, 5.74) is 7.12. The molecule has 32 heavy (non-hydrogen) atoms. The molecule has 4 aromatic rings. The standard InChI is InChI=1S/C22H19ClN4O4S/c1-31-22-13-25-19(12-26-22)17-11-20-14(10-18(17)23)9-15(7-8-21(24)28)27(20)32(29,30)16-5-3-2-4-6-16/h2-6,9-13H,7-8H2,1H3,(H2,24,28). The second-order valence-electron chi connectivity index (χ2n) is 7.02. The summed E-state index contributed by atoms with van der Waals surface area (Å²) in [5.74, 6) is -0.180. The van der Waals surface area contributed by atoms with Crippen LogP contribution in [0.3, 0.4) is 0 Å². The summed E-state index contributed by atoms with van der Waals surface area (Å²) in [5, 5.41) is 0.992. The molecule has 1 amide bonds. The van der Waals surface area contributed by atoms with Crippen molar-refractivity contribution in [2.75, 3.05) is 7.11 Å². The van der Waals surface area contributed by atoms with Crippen molar-refractivity contribution in [2.45, 2.75) is 17.7 Å². The molecule has 0 saturated heterocycles. The largest absolute Gasteiger partial charge is 0.480 e. The zero-order chi connectivity index (χ0) is 22.9. The minimum Gasteiger partial charge on any atom is -0.480 e. The summed E-state index contributed by atoms with van der Waals surface area (Å²) in [6.45, 7) is 0. The van der Waals surface area contributed by atoms with Crippen molar-refractivity contribution < 1.29 is 17.9 Å². The van der Waals surface area contributed by atoms with Crippen LogP contribution < -0.4 is 10.5 Å². The average Bonchev–Trinajstić information content (AvgIpc) is 3.15. The van der Waals surface area contributed by atoms with E-state index in [0.717, 1.165) is 0 Å². The fraction of sp³-hybridized carbons (Fsp3) is 0.136. The lowest BCUT2D eigenvalue weighted by Gasteiger charge is -2.13. The van der Waals surface area contributed by atoms with Crippen LogP contribution >= 0.6 is 11.6 Å². The molecule has 0 atom stereocenters. The number of fused-ring (bicyclic) bond motifs is 1. The number of halogens is 1. The lowest BCUT2D eigenvalue weighted by Crippen LogP contribution is -2.18. The third kappa shape index (κ3) is 4.04. The molecule has 0 aliphatic carbocycles. The minimum atomic E-state index is -3.96. The summed E-state index contributed by atoms with van der Waals surface area (Å²) < 4.78 is 33.4. The fourth-order valence-electron chi connectivity index (χ4n) is 3.43. The van der Waals surface area contributed by atoms with Crippen molar-refractivity contribution in [3.8, 4) is 17.1 Å².